The highest BCUT2D eigenvalue weighted by molar-refractivity contribution is 7.03. The molecule has 0 aliphatic carbocycles. The highest BCUT2D eigenvalue weighted by Crippen LogP contribution is 2.12. The Morgan fingerprint density at radius 3 is 2.90 bits per heavy atom. The lowest BCUT2D eigenvalue weighted by Gasteiger charge is -1.94. The average molecular weight is 155 g/mol. The molecule has 0 saturated carbocycles. The van der Waals surface area contributed by atoms with Crippen LogP contribution in [0, 0.1) is 0 Å². The first kappa shape index (κ1) is 7.73. The van der Waals surface area contributed by atoms with Gasteiger partial charge in [0.1, 0.15) is 0 Å². The molecule has 0 unspecified atom stereocenters. The Labute approximate surface area is 66.3 Å². The molecule has 0 aliphatic rings. The number of rotatable bonds is 3. The predicted octanol–water partition coefficient (Wildman–Crippen LogP) is 2.66. The first-order valence-electron chi connectivity index (χ1n) is 3.80. The van der Waals surface area contributed by atoms with Crippen molar-refractivity contribution in [3.63, 3.8) is 0 Å². The minimum Gasteiger partial charge on any atom is -0.197 e. The highest BCUT2D eigenvalue weighted by atomic mass is 32.1. The first-order chi connectivity index (χ1) is 4.88. The standard InChI is InChI=1S/C8H13NS/c1-3-5-8-7(4-2)6-10-9-8/h6H,3-5H2,1-2H3. The van der Waals surface area contributed by atoms with Gasteiger partial charge in [-0.2, -0.15) is 4.37 Å². The average Bonchev–Trinajstić information content (AvgIpc) is 2.36. The molecule has 0 aromatic carbocycles. The van der Waals surface area contributed by atoms with Crippen LogP contribution in [0.5, 0.6) is 0 Å². The molecule has 1 aromatic rings. The van der Waals surface area contributed by atoms with Crippen molar-refractivity contribution in [3.8, 4) is 0 Å². The molecule has 0 amide bonds. The van der Waals surface area contributed by atoms with Gasteiger partial charge in [0.15, 0.2) is 0 Å². The molecule has 2 heteroatoms. The fraction of sp³-hybridized carbons (Fsp3) is 0.625. The second-order valence-electron chi connectivity index (χ2n) is 2.39. The van der Waals surface area contributed by atoms with Crippen LogP contribution in [0.25, 0.3) is 0 Å². The molecule has 0 N–H and O–H groups in total. The smallest absolute Gasteiger partial charge is 0.0573 e. The lowest BCUT2D eigenvalue weighted by Crippen LogP contribution is -1.88. The quantitative estimate of drug-likeness (QED) is 0.654. The highest BCUT2D eigenvalue weighted by Gasteiger charge is 2.00. The second kappa shape index (κ2) is 3.71. The molecule has 0 spiro atoms. The van der Waals surface area contributed by atoms with Crippen LogP contribution in [-0.2, 0) is 12.8 Å². The fourth-order valence-corrected chi connectivity index (χ4v) is 1.83. The molecule has 1 heterocycles. The molecule has 1 nitrogen and oxygen atoms in total. The lowest BCUT2D eigenvalue weighted by molar-refractivity contribution is 0.879. The molecular weight excluding hydrogens is 142 g/mol. The van der Waals surface area contributed by atoms with E-state index in [4.69, 9.17) is 0 Å². The van der Waals surface area contributed by atoms with Crippen molar-refractivity contribution < 1.29 is 0 Å². The van der Waals surface area contributed by atoms with Crippen molar-refractivity contribution in [1.82, 2.24) is 4.37 Å². The Bertz CT molecular complexity index is 193. The van der Waals surface area contributed by atoms with Crippen molar-refractivity contribution in [3.05, 3.63) is 16.6 Å². The van der Waals surface area contributed by atoms with Crippen LogP contribution in [0.2, 0.25) is 0 Å². The summed E-state index contributed by atoms with van der Waals surface area (Å²) >= 11 is 1.58. The van der Waals surface area contributed by atoms with Crippen LogP contribution in [-0.4, -0.2) is 4.37 Å². The van der Waals surface area contributed by atoms with Crippen LogP contribution in [0.4, 0.5) is 0 Å². The van der Waals surface area contributed by atoms with Crippen molar-refractivity contribution in [2.45, 2.75) is 33.1 Å². The summed E-state index contributed by atoms with van der Waals surface area (Å²) < 4.78 is 4.32. The first-order valence-corrected chi connectivity index (χ1v) is 4.64. The van der Waals surface area contributed by atoms with E-state index in [9.17, 15) is 0 Å². The van der Waals surface area contributed by atoms with E-state index in [-0.39, 0.29) is 0 Å². The summed E-state index contributed by atoms with van der Waals surface area (Å²) in [5.74, 6) is 0. The van der Waals surface area contributed by atoms with Gasteiger partial charge in [-0.3, -0.25) is 0 Å². The van der Waals surface area contributed by atoms with E-state index in [0.29, 0.717) is 0 Å². The van der Waals surface area contributed by atoms with E-state index in [1.54, 1.807) is 11.5 Å². The number of hydrogen-bond acceptors (Lipinski definition) is 2. The molecule has 0 fully saturated rings. The number of aromatic nitrogens is 1. The minimum absolute atomic E-state index is 1.13. The lowest BCUT2D eigenvalue weighted by atomic mass is 10.1. The Balaban J connectivity index is 2.70. The van der Waals surface area contributed by atoms with Crippen LogP contribution >= 0.6 is 11.5 Å². The Hall–Kier alpha value is -0.370. The zero-order chi connectivity index (χ0) is 7.40. The second-order valence-corrected chi connectivity index (χ2v) is 3.02. The molecule has 1 rings (SSSR count). The van der Waals surface area contributed by atoms with Crippen molar-refractivity contribution in [2.24, 2.45) is 0 Å². The monoisotopic (exact) mass is 155 g/mol. The maximum atomic E-state index is 4.32. The van der Waals surface area contributed by atoms with Gasteiger partial charge >= 0.3 is 0 Å². The summed E-state index contributed by atoms with van der Waals surface area (Å²) in [4.78, 5) is 0. The Morgan fingerprint density at radius 1 is 1.50 bits per heavy atom. The van der Waals surface area contributed by atoms with Crippen LogP contribution in [0.1, 0.15) is 31.5 Å². The molecule has 0 aliphatic heterocycles. The Morgan fingerprint density at radius 2 is 2.30 bits per heavy atom. The summed E-state index contributed by atoms with van der Waals surface area (Å²) in [6.07, 6.45) is 3.48. The van der Waals surface area contributed by atoms with Crippen LogP contribution in [0.3, 0.4) is 0 Å². The van der Waals surface area contributed by atoms with E-state index in [0.717, 1.165) is 12.8 Å². The maximum Gasteiger partial charge on any atom is 0.0573 e. The summed E-state index contributed by atoms with van der Waals surface area (Å²) in [5, 5.41) is 2.16. The van der Waals surface area contributed by atoms with Crippen LogP contribution < -0.4 is 0 Å². The van der Waals surface area contributed by atoms with Gasteiger partial charge in [0.25, 0.3) is 0 Å². The van der Waals surface area contributed by atoms with E-state index in [2.05, 4.69) is 23.6 Å². The van der Waals surface area contributed by atoms with Gasteiger partial charge in [0.05, 0.1) is 5.69 Å². The van der Waals surface area contributed by atoms with Gasteiger partial charge in [-0.1, -0.05) is 20.3 Å². The number of nitrogens with zero attached hydrogens (tertiary/aromatic N) is 1. The van der Waals surface area contributed by atoms with E-state index < -0.39 is 0 Å². The van der Waals surface area contributed by atoms with Gasteiger partial charge in [0, 0.05) is 5.38 Å². The van der Waals surface area contributed by atoms with E-state index >= 15 is 0 Å². The van der Waals surface area contributed by atoms with Crippen molar-refractivity contribution >= 4 is 11.5 Å². The molecule has 0 saturated heterocycles. The summed E-state index contributed by atoms with van der Waals surface area (Å²) in [7, 11) is 0. The van der Waals surface area contributed by atoms with E-state index in [1.807, 2.05) is 0 Å². The normalized spacial score (nSPS) is 10.2. The third kappa shape index (κ3) is 1.57. The summed E-state index contributed by atoms with van der Waals surface area (Å²) in [5.41, 5.74) is 2.75. The van der Waals surface area contributed by atoms with Gasteiger partial charge in [-0.25, -0.2) is 0 Å². The Kier molecular flexibility index (Phi) is 2.87. The van der Waals surface area contributed by atoms with E-state index in [1.165, 1.54) is 17.7 Å². The van der Waals surface area contributed by atoms with Crippen molar-refractivity contribution in [1.29, 1.82) is 0 Å². The fourth-order valence-electron chi connectivity index (χ4n) is 1.01. The number of hydrogen-bond donors (Lipinski definition) is 0. The van der Waals surface area contributed by atoms with Gasteiger partial charge < -0.3 is 0 Å². The number of aryl methyl sites for hydroxylation is 2. The van der Waals surface area contributed by atoms with Gasteiger partial charge in [0.2, 0.25) is 0 Å². The van der Waals surface area contributed by atoms with Crippen LogP contribution in [0.15, 0.2) is 5.38 Å². The molecule has 56 valence electrons. The van der Waals surface area contributed by atoms with Crippen molar-refractivity contribution in [2.75, 3.05) is 0 Å². The molecule has 1 aromatic heterocycles. The third-order valence-electron chi connectivity index (χ3n) is 1.60. The summed E-state index contributed by atoms with van der Waals surface area (Å²) in [6, 6.07) is 0. The maximum absolute atomic E-state index is 4.32. The minimum atomic E-state index is 1.13. The molecule has 10 heavy (non-hydrogen) atoms. The third-order valence-corrected chi connectivity index (χ3v) is 2.31. The molecular formula is C8H13NS. The molecule has 0 radical (unpaired) electrons. The van der Waals surface area contributed by atoms with Gasteiger partial charge in [-0.05, 0) is 29.9 Å². The summed E-state index contributed by atoms with van der Waals surface area (Å²) in [6.45, 7) is 4.38. The predicted molar refractivity (Wildman–Crippen MR) is 45.5 cm³/mol. The SMILES string of the molecule is CCCc1nscc1CC. The largest absolute Gasteiger partial charge is 0.197 e. The zero-order valence-electron chi connectivity index (χ0n) is 6.55. The molecule has 0 atom stereocenters. The molecule has 0 bridgehead atoms. The topological polar surface area (TPSA) is 12.9 Å². The zero-order valence-corrected chi connectivity index (χ0v) is 7.37. The van der Waals surface area contributed by atoms with Gasteiger partial charge in [-0.15, -0.1) is 0 Å².